The zero-order valence-electron chi connectivity index (χ0n) is 15.9. The van der Waals surface area contributed by atoms with Crippen molar-refractivity contribution in [3.8, 4) is 0 Å². The Bertz CT molecular complexity index is 1190. The van der Waals surface area contributed by atoms with E-state index in [-0.39, 0.29) is 6.54 Å². The fourth-order valence-electron chi connectivity index (χ4n) is 2.56. The van der Waals surface area contributed by atoms with E-state index in [1.54, 1.807) is 0 Å². The Morgan fingerprint density at radius 3 is 2.45 bits per heavy atom. The van der Waals surface area contributed by atoms with E-state index >= 15 is 0 Å². The summed E-state index contributed by atoms with van der Waals surface area (Å²) < 4.78 is 1.66. The number of benzene rings is 2. The monoisotopic (exact) mass is 518 g/mol. The van der Waals surface area contributed by atoms with Crippen LogP contribution in [0.1, 0.15) is 0 Å². The molecule has 158 valence electrons. The number of hydrogen-bond acceptors (Lipinski definition) is 9. The number of nitrogens with zero attached hydrogens (tertiary/aromatic N) is 3. The lowest BCUT2D eigenvalue weighted by atomic mass is 10.3. The molecule has 0 aliphatic heterocycles. The van der Waals surface area contributed by atoms with E-state index in [9.17, 15) is 4.79 Å². The fraction of sp³-hybridized carbons (Fsp3) is 0.0500. The number of hydrogen-bond donors (Lipinski definition) is 3. The van der Waals surface area contributed by atoms with E-state index in [0.29, 0.717) is 21.6 Å². The lowest BCUT2D eigenvalue weighted by Crippen LogP contribution is -2.01. The van der Waals surface area contributed by atoms with Gasteiger partial charge in [-0.05, 0) is 58.4 Å². The van der Waals surface area contributed by atoms with Gasteiger partial charge >= 0.3 is 0 Å². The van der Waals surface area contributed by atoms with Crippen LogP contribution < -0.4 is 16.0 Å². The molecule has 0 amide bonds. The molecule has 3 N–H and O–H groups in total. The van der Waals surface area contributed by atoms with Gasteiger partial charge in [0.15, 0.2) is 16.6 Å². The molecule has 11 heteroatoms. The summed E-state index contributed by atoms with van der Waals surface area (Å²) in [7, 11) is 0. The molecule has 0 bridgehead atoms. The summed E-state index contributed by atoms with van der Waals surface area (Å²) in [4.78, 5) is 31.6. The highest BCUT2D eigenvalue weighted by atomic mass is 79.9. The Labute approximate surface area is 195 Å². The molecule has 0 aliphatic carbocycles. The van der Waals surface area contributed by atoms with Crippen molar-refractivity contribution in [3.63, 3.8) is 0 Å². The lowest BCUT2D eigenvalue weighted by Gasteiger charge is -2.06. The third kappa shape index (κ3) is 5.75. The third-order valence-corrected chi connectivity index (χ3v) is 6.10. The molecule has 0 radical (unpaired) electrons. The van der Waals surface area contributed by atoms with Crippen LogP contribution in [-0.4, -0.2) is 34.6 Å². The summed E-state index contributed by atoms with van der Waals surface area (Å²) in [6.45, 7) is 2.28. The predicted molar refractivity (Wildman–Crippen MR) is 129 cm³/mol. The summed E-state index contributed by atoms with van der Waals surface area (Å²) in [5.41, 5.74) is 3.17. The van der Waals surface area contributed by atoms with Gasteiger partial charge in [-0.3, -0.25) is 0 Å². The minimum absolute atomic E-state index is 0.280. The zero-order valence-corrected chi connectivity index (χ0v) is 19.1. The van der Waals surface area contributed by atoms with Crippen LogP contribution in [0.4, 0.5) is 28.0 Å². The normalized spacial score (nSPS) is 10.1. The number of halogens is 2. The van der Waals surface area contributed by atoms with Gasteiger partial charge in [-0.15, -0.1) is 0 Å². The molecule has 31 heavy (non-hydrogen) atoms. The van der Waals surface area contributed by atoms with Crippen LogP contribution in [0.2, 0.25) is 5.02 Å². The van der Waals surface area contributed by atoms with Gasteiger partial charge in [0.1, 0.15) is 24.1 Å². The number of carbonyl (C=O) groups excluding carboxylic acids is 2. The molecule has 0 aliphatic rings. The van der Waals surface area contributed by atoms with Crippen LogP contribution in [0.5, 0.6) is 0 Å². The highest BCUT2D eigenvalue weighted by Crippen LogP contribution is 2.34. The van der Waals surface area contributed by atoms with Crippen molar-refractivity contribution in [2.24, 2.45) is 0 Å². The predicted octanol–water partition coefficient (Wildman–Crippen LogP) is 5.42. The molecule has 0 saturated heterocycles. The largest absolute Gasteiger partial charge is 0.378 e. The number of aromatic nitrogens is 3. The number of anilines is 5. The number of aldehydes is 1. The summed E-state index contributed by atoms with van der Waals surface area (Å²) >= 11 is 11.0. The minimum Gasteiger partial charge on any atom is -0.378 e. The summed E-state index contributed by atoms with van der Waals surface area (Å²) in [5, 5.41) is 10.8. The van der Waals surface area contributed by atoms with Crippen molar-refractivity contribution in [1.29, 1.82) is 0 Å². The van der Waals surface area contributed by atoms with Gasteiger partial charge in [0.25, 0.3) is 0 Å². The van der Waals surface area contributed by atoms with Gasteiger partial charge in [0.2, 0.25) is 0 Å². The summed E-state index contributed by atoms with van der Waals surface area (Å²) in [6.07, 6.45) is 2.30. The van der Waals surface area contributed by atoms with Gasteiger partial charge in [-0.1, -0.05) is 22.9 Å². The van der Waals surface area contributed by atoms with E-state index in [2.05, 4.69) is 46.8 Å². The average molecular weight is 520 g/mol. The highest BCUT2D eigenvalue weighted by Gasteiger charge is 2.12. The van der Waals surface area contributed by atoms with E-state index in [1.165, 1.54) is 17.7 Å². The van der Waals surface area contributed by atoms with Crippen LogP contribution >= 0.6 is 38.9 Å². The minimum atomic E-state index is 0.280. The first-order valence-electron chi connectivity index (χ1n) is 8.79. The quantitative estimate of drug-likeness (QED) is 0.278. The molecule has 4 aromatic rings. The second-order valence-electron chi connectivity index (χ2n) is 5.90. The van der Waals surface area contributed by atoms with Gasteiger partial charge < -0.3 is 25.5 Å². The molecule has 0 saturated carbocycles. The van der Waals surface area contributed by atoms with Crippen molar-refractivity contribution in [1.82, 2.24) is 15.0 Å². The first kappa shape index (κ1) is 22.6. The van der Waals surface area contributed by atoms with Crippen molar-refractivity contribution < 1.29 is 9.59 Å². The molecular formula is C20H16BrClN6O2S. The first-order chi connectivity index (χ1) is 15.1. The Balaban J connectivity index is 0.00000132. The molecule has 8 nitrogen and oxygen atoms in total. The zero-order chi connectivity index (χ0) is 22.2. The maximum absolute atomic E-state index is 10.4. The molecule has 2 aromatic carbocycles. The molecule has 2 heterocycles. The van der Waals surface area contributed by atoms with Crippen LogP contribution in [0.25, 0.3) is 10.3 Å². The fourth-order valence-corrected chi connectivity index (χ4v) is 3.87. The SMILES string of the molecule is C=O.O=CCNc1ccc(Nc2nc3ncnc(Nc4ccc(Br)c(Cl)c4)c3s2)cc1. The third-order valence-electron chi connectivity index (χ3n) is 3.90. The van der Waals surface area contributed by atoms with Crippen LogP contribution in [0.15, 0.2) is 53.3 Å². The standard InChI is InChI=1S/C19H14BrClN6OS.CH2O/c20-14-6-5-13(9-15(14)21)25-17-16-18(24-10-23-17)27-19(29-16)26-12-3-1-11(2-4-12)22-7-8-28;1-2/h1-6,8-10,22H,7H2,(H2,23,24,25,26,27);1H2. The van der Waals surface area contributed by atoms with E-state index in [0.717, 1.165) is 32.5 Å². The molecular weight excluding hydrogens is 504 g/mol. The van der Waals surface area contributed by atoms with Gasteiger partial charge in [0, 0.05) is 21.5 Å². The number of thiazole rings is 1. The number of carbonyl (C=O) groups is 2. The average Bonchev–Trinajstić information content (AvgIpc) is 3.21. The van der Waals surface area contributed by atoms with Crippen molar-refractivity contribution in [2.75, 3.05) is 22.5 Å². The second-order valence-corrected chi connectivity index (χ2v) is 8.16. The van der Waals surface area contributed by atoms with Gasteiger partial charge in [0.05, 0.1) is 11.6 Å². The first-order valence-corrected chi connectivity index (χ1v) is 10.8. The van der Waals surface area contributed by atoms with Crippen LogP contribution in [0.3, 0.4) is 0 Å². The summed E-state index contributed by atoms with van der Waals surface area (Å²) in [6, 6.07) is 13.2. The maximum atomic E-state index is 10.4. The Morgan fingerprint density at radius 1 is 1.03 bits per heavy atom. The van der Waals surface area contributed by atoms with Crippen LogP contribution in [-0.2, 0) is 9.59 Å². The van der Waals surface area contributed by atoms with E-state index in [1.807, 2.05) is 49.3 Å². The smallest absolute Gasteiger partial charge is 0.189 e. The Hall–Kier alpha value is -3.08. The Kier molecular flexibility index (Phi) is 7.88. The topological polar surface area (TPSA) is 109 Å². The number of rotatable bonds is 7. The Morgan fingerprint density at radius 2 is 1.74 bits per heavy atom. The van der Waals surface area contributed by atoms with Crippen molar-refractivity contribution in [3.05, 3.63) is 58.3 Å². The maximum Gasteiger partial charge on any atom is 0.189 e. The number of nitrogens with one attached hydrogen (secondary N) is 3. The molecule has 0 fully saturated rings. The second kappa shape index (κ2) is 10.8. The molecule has 0 unspecified atom stereocenters. The van der Waals surface area contributed by atoms with Crippen LogP contribution in [0, 0.1) is 0 Å². The molecule has 0 atom stereocenters. The van der Waals surface area contributed by atoms with E-state index < -0.39 is 0 Å². The summed E-state index contributed by atoms with van der Waals surface area (Å²) in [5.74, 6) is 0.660. The number of fused-ring (bicyclic) bond motifs is 1. The molecule has 0 spiro atoms. The van der Waals surface area contributed by atoms with E-state index in [4.69, 9.17) is 16.4 Å². The van der Waals surface area contributed by atoms with Crippen molar-refractivity contribution in [2.45, 2.75) is 0 Å². The lowest BCUT2D eigenvalue weighted by molar-refractivity contribution is -0.106. The highest BCUT2D eigenvalue weighted by molar-refractivity contribution is 9.10. The van der Waals surface area contributed by atoms with Gasteiger partial charge in [-0.25, -0.2) is 9.97 Å². The molecule has 2 aromatic heterocycles. The molecule has 4 rings (SSSR count). The van der Waals surface area contributed by atoms with Crippen molar-refractivity contribution >= 4 is 90.3 Å². The van der Waals surface area contributed by atoms with Gasteiger partial charge in [-0.2, -0.15) is 4.98 Å².